The number of hydroxylamine groups is 4. The summed E-state index contributed by atoms with van der Waals surface area (Å²) in [5.74, 6) is 0.0949. The molecule has 0 aliphatic carbocycles. The zero-order valence-electron chi connectivity index (χ0n) is 6.70. The molecule has 1 unspecified atom stereocenters. The monoisotopic (exact) mass is 149 g/mol. The molecule has 2 atom stereocenters. The minimum absolute atomic E-state index is 0.0949. The van der Waals surface area contributed by atoms with Gasteiger partial charge in [0.05, 0.1) is 13.7 Å². The summed E-state index contributed by atoms with van der Waals surface area (Å²) < 4.78 is 4.79. The molecule has 0 aromatic rings. The Bertz CT molecular complexity index is 89.5. The quantitative estimate of drug-likeness (QED) is 0.470. The third-order valence-corrected chi connectivity index (χ3v) is 1.10. The minimum Gasteiger partial charge on any atom is -0.599 e. The van der Waals surface area contributed by atoms with E-state index < -0.39 is 4.81 Å². The predicted molar refractivity (Wildman–Crippen MR) is 37.2 cm³/mol. The van der Waals surface area contributed by atoms with Crippen molar-refractivity contribution in [3.63, 3.8) is 0 Å². The molecule has 4 heteroatoms. The van der Waals surface area contributed by atoms with Gasteiger partial charge in [-0.05, 0) is 0 Å². The molecule has 0 spiro atoms. The van der Waals surface area contributed by atoms with Crippen LogP contribution >= 0.6 is 0 Å². The highest BCUT2D eigenvalue weighted by molar-refractivity contribution is 4.46. The molecule has 0 bridgehead atoms. The first-order valence-corrected chi connectivity index (χ1v) is 3.24. The fourth-order valence-electron chi connectivity index (χ4n) is 0.916. The number of hydrogen-bond acceptors (Lipinski definition) is 3. The number of ether oxygens (including phenoxy) is 1. The van der Waals surface area contributed by atoms with Crippen LogP contribution in [0.3, 0.4) is 0 Å². The lowest BCUT2D eigenvalue weighted by Gasteiger charge is -2.30. The lowest BCUT2D eigenvalue weighted by molar-refractivity contribution is -1.05. The van der Waals surface area contributed by atoms with Crippen LogP contribution in [0.2, 0.25) is 0 Å². The highest BCUT2D eigenvalue weighted by Crippen LogP contribution is 2.02. The van der Waals surface area contributed by atoms with Gasteiger partial charge in [-0.25, -0.2) is 10.0 Å². The molecule has 0 heterocycles. The molecule has 0 fully saturated rings. The minimum atomic E-state index is -1.23. The number of quaternary nitrogens is 1. The van der Waals surface area contributed by atoms with Gasteiger partial charge < -0.3 is 9.94 Å². The maximum Gasteiger partial charge on any atom is 0.113 e. The Morgan fingerprint density at radius 2 is 2.20 bits per heavy atom. The van der Waals surface area contributed by atoms with Crippen LogP contribution in [-0.2, 0) is 4.74 Å². The van der Waals surface area contributed by atoms with Crippen molar-refractivity contribution in [1.29, 1.82) is 0 Å². The Kier molecular flexibility index (Phi) is 3.81. The molecule has 62 valence electrons. The topological polar surface area (TPSA) is 52.5 Å². The number of nitrogens with zero attached hydrogens (tertiary/aromatic N) is 1. The fraction of sp³-hybridized carbons (Fsp3) is 1.00. The Balaban J connectivity index is 3.47. The summed E-state index contributed by atoms with van der Waals surface area (Å²) in [6.45, 7) is 2.54. The fourth-order valence-corrected chi connectivity index (χ4v) is 0.916. The molecule has 1 N–H and O–H groups in total. The third-order valence-electron chi connectivity index (χ3n) is 1.10. The molecule has 0 aromatic carbocycles. The Labute approximate surface area is 61.1 Å². The van der Waals surface area contributed by atoms with E-state index in [9.17, 15) is 5.21 Å². The van der Waals surface area contributed by atoms with Gasteiger partial charge in [0.2, 0.25) is 0 Å². The van der Waals surface area contributed by atoms with Crippen molar-refractivity contribution in [2.24, 2.45) is 5.92 Å². The van der Waals surface area contributed by atoms with E-state index in [1.165, 1.54) is 7.05 Å². The molecule has 0 aliphatic rings. The van der Waals surface area contributed by atoms with E-state index in [0.717, 1.165) is 0 Å². The van der Waals surface area contributed by atoms with Crippen molar-refractivity contribution in [1.82, 2.24) is 0 Å². The molecule has 0 aromatic heterocycles. The Hall–Kier alpha value is -0.160. The molecule has 10 heavy (non-hydrogen) atoms. The van der Waals surface area contributed by atoms with E-state index in [1.807, 2.05) is 6.92 Å². The van der Waals surface area contributed by atoms with Crippen LogP contribution in [0.15, 0.2) is 0 Å². The molecular formula is C6H15NO3. The van der Waals surface area contributed by atoms with Crippen molar-refractivity contribution >= 4 is 0 Å². The summed E-state index contributed by atoms with van der Waals surface area (Å²) in [5, 5.41) is 19.4. The normalized spacial score (nSPS) is 20.1. The van der Waals surface area contributed by atoms with Crippen molar-refractivity contribution in [2.45, 2.75) is 6.92 Å². The van der Waals surface area contributed by atoms with Gasteiger partial charge in [-0.1, -0.05) is 6.92 Å². The molecule has 0 rings (SSSR count). The molecule has 0 saturated carbocycles. The molecule has 0 radical (unpaired) electrons. The summed E-state index contributed by atoms with van der Waals surface area (Å²) in [7, 11) is 2.77. The van der Waals surface area contributed by atoms with Gasteiger partial charge in [-0.15, -0.1) is 0 Å². The number of rotatable bonds is 4. The van der Waals surface area contributed by atoms with Crippen LogP contribution in [0.4, 0.5) is 0 Å². The summed E-state index contributed by atoms with van der Waals surface area (Å²) in [5.41, 5.74) is 0. The second-order valence-electron chi connectivity index (χ2n) is 2.79. The lowest BCUT2D eigenvalue weighted by Crippen LogP contribution is -2.38. The summed E-state index contributed by atoms with van der Waals surface area (Å²) >= 11 is 0. The van der Waals surface area contributed by atoms with E-state index in [-0.39, 0.29) is 12.5 Å². The van der Waals surface area contributed by atoms with E-state index in [2.05, 4.69) is 0 Å². The maximum atomic E-state index is 10.6. The van der Waals surface area contributed by atoms with Crippen LogP contribution < -0.4 is 0 Å². The van der Waals surface area contributed by atoms with Crippen LogP contribution in [0, 0.1) is 11.1 Å². The molecule has 0 amide bonds. The number of hydrogen-bond donors (Lipinski definition) is 1. The van der Waals surface area contributed by atoms with E-state index in [1.54, 1.807) is 7.11 Å². The van der Waals surface area contributed by atoms with E-state index in [4.69, 9.17) is 9.94 Å². The van der Waals surface area contributed by atoms with Crippen molar-refractivity contribution < 1.29 is 14.8 Å². The lowest BCUT2D eigenvalue weighted by atomic mass is 10.2. The van der Waals surface area contributed by atoms with Gasteiger partial charge in [0.1, 0.15) is 6.54 Å². The zero-order chi connectivity index (χ0) is 8.20. The molecule has 4 nitrogen and oxygen atoms in total. The third kappa shape index (κ3) is 5.97. The molecular weight excluding hydrogens is 134 g/mol. The second kappa shape index (κ2) is 3.88. The average Bonchev–Trinajstić information content (AvgIpc) is 1.59. The van der Waals surface area contributed by atoms with Crippen LogP contribution in [0.1, 0.15) is 6.92 Å². The Morgan fingerprint density at radius 3 is 2.50 bits per heavy atom. The van der Waals surface area contributed by atoms with Gasteiger partial charge in [0, 0.05) is 13.0 Å². The van der Waals surface area contributed by atoms with Gasteiger partial charge >= 0.3 is 0 Å². The highest BCUT2D eigenvalue weighted by Gasteiger charge is 2.11. The van der Waals surface area contributed by atoms with Crippen LogP contribution in [-0.4, -0.2) is 37.3 Å². The first-order valence-electron chi connectivity index (χ1n) is 3.24. The Morgan fingerprint density at radius 1 is 1.70 bits per heavy atom. The van der Waals surface area contributed by atoms with Gasteiger partial charge in [-0.2, -0.15) is 0 Å². The first kappa shape index (κ1) is 9.84. The smallest absolute Gasteiger partial charge is 0.113 e. The van der Waals surface area contributed by atoms with Crippen molar-refractivity contribution in [3.05, 3.63) is 5.21 Å². The van der Waals surface area contributed by atoms with Crippen molar-refractivity contribution in [3.8, 4) is 0 Å². The van der Waals surface area contributed by atoms with Gasteiger partial charge in [-0.3, -0.25) is 0 Å². The van der Waals surface area contributed by atoms with Crippen LogP contribution in [0.25, 0.3) is 0 Å². The SMILES string of the molecule is COC[C@H](C)C[N+](C)([O-])O. The molecule has 0 saturated heterocycles. The standard InChI is InChI=1S/C6H15NO3/c1-6(5-10-3)4-7(2,8)9/h6,8H,4-5H2,1-3H3/t6-/m1/s1. The number of methoxy groups -OCH3 is 1. The second-order valence-corrected chi connectivity index (χ2v) is 2.79. The van der Waals surface area contributed by atoms with E-state index >= 15 is 0 Å². The largest absolute Gasteiger partial charge is 0.599 e. The van der Waals surface area contributed by atoms with Gasteiger partial charge in [0.25, 0.3) is 0 Å². The zero-order valence-corrected chi connectivity index (χ0v) is 6.70. The summed E-state index contributed by atoms with van der Waals surface area (Å²) in [6, 6.07) is 0. The molecule has 0 aliphatic heterocycles. The van der Waals surface area contributed by atoms with Crippen molar-refractivity contribution in [2.75, 3.05) is 27.3 Å². The highest BCUT2D eigenvalue weighted by atomic mass is 16.8. The summed E-state index contributed by atoms with van der Waals surface area (Å²) in [4.78, 5) is -1.23. The summed E-state index contributed by atoms with van der Waals surface area (Å²) in [6.07, 6.45) is 0. The predicted octanol–water partition coefficient (Wildman–Crippen LogP) is 0.603. The van der Waals surface area contributed by atoms with E-state index in [0.29, 0.717) is 6.61 Å². The van der Waals surface area contributed by atoms with Gasteiger partial charge in [0.15, 0.2) is 0 Å². The maximum absolute atomic E-state index is 10.6. The average molecular weight is 149 g/mol. The first-order chi connectivity index (χ1) is 4.45. The van der Waals surface area contributed by atoms with Crippen LogP contribution in [0.5, 0.6) is 0 Å².